The second kappa shape index (κ2) is 4.09. The van der Waals surface area contributed by atoms with Crippen LogP contribution in [0.5, 0.6) is 0 Å². The standard InChI is InChI=1S/C11H15N5/c1-3-9(7-12-5-1)16-6-2-4-10(16)11-13-8-14-15-11/h2,4,6,8-9,12H,1,3,5,7H2,(H,13,14,15)/t9-/m1/s1. The summed E-state index contributed by atoms with van der Waals surface area (Å²) in [6.45, 7) is 2.17. The van der Waals surface area contributed by atoms with Crippen LogP contribution in [-0.4, -0.2) is 32.8 Å². The van der Waals surface area contributed by atoms with Gasteiger partial charge >= 0.3 is 0 Å². The van der Waals surface area contributed by atoms with E-state index in [9.17, 15) is 0 Å². The second-order valence-electron chi connectivity index (χ2n) is 4.14. The number of piperidine rings is 1. The highest BCUT2D eigenvalue weighted by molar-refractivity contribution is 5.49. The zero-order chi connectivity index (χ0) is 10.8. The van der Waals surface area contributed by atoms with E-state index in [0.717, 1.165) is 24.6 Å². The average Bonchev–Trinajstić information content (AvgIpc) is 3.01. The molecule has 2 N–H and O–H groups in total. The van der Waals surface area contributed by atoms with Crippen molar-refractivity contribution < 1.29 is 0 Å². The van der Waals surface area contributed by atoms with Crippen molar-refractivity contribution in [2.24, 2.45) is 0 Å². The third-order valence-electron chi connectivity index (χ3n) is 3.10. The third-order valence-corrected chi connectivity index (χ3v) is 3.10. The summed E-state index contributed by atoms with van der Waals surface area (Å²) in [7, 11) is 0. The summed E-state index contributed by atoms with van der Waals surface area (Å²) in [5.41, 5.74) is 1.12. The van der Waals surface area contributed by atoms with E-state index in [1.807, 2.05) is 0 Å². The Morgan fingerprint density at radius 1 is 1.44 bits per heavy atom. The van der Waals surface area contributed by atoms with E-state index in [4.69, 9.17) is 0 Å². The minimum absolute atomic E-state index is 0.531. The topological polar surface area (TPSA) is 58.5 Å². The molecule has 0 spiro atoms. The number of hydrogen-bond acceptors (Lipinski definition) is 3. The first-order valence-electron chi connectivity index (χ1n) is 5.69. The lowest BCUT2D eigenvalue weighted by atomic mass is 10.1. The Bertz CT molecular complexity index is 439. The van der Waals surface area contributed by atoms with E-state index in [1.165, 1.54) is 12.8 Å². The summed E-state index contributed by atoms with van der Waals surface area (Å²) in [6.07, 6.45) is 6.20. The molecule has 1 atom stereocenters. The molecule has 0 aliphatic carbocycles. The van der Waals surface area contributed by atoms with Crippen molar-refractivity contribution in [3.05, 3.63) is 24.7 Å². The van der Waals surface area contributed by atoms with Crippen LogP contribution < -0.4 is 5.32 Å². The molecule has 1 fully saturated rings. The van der Waals surface area contributed by atoms with Gasteiger partial charge in [0, 0.05) is 18.8 Å². The zero-order valence-electron chi connectivity index (χ0n) is 9.06. The van der Waals surface area contributed by atoms with E-state index < -0.39 is 0 Å². The molecule has 2 aromatic heterocycles. The molecule has 84 valence electrons. The van der Waals surface area contributed by atoms with Gasteiger partial charge in [-0.15, -0.1) is 10.2 Å². The Hall–Kier alpha value is -1.62. The molecule has 0 unspecified atom stereocenters. The van der Waals surface area contributed by atoms with Crippen LogP contribution in [0.15, 0.2) is 24.7 Å². The maximum absolute atomic E-state index is 4.07. The SMILES string of the molecule is c1cc(-c2nnc[nH]2)n([C@@H]2CCCNC2)c1. The molecule has 16 heavy (non-hydrogen) atoms. The number of nitrogens with zero attached hydrogens (tertiary/aromatic N) is 3. The van der Waals surface area contributed by atoms with Gasteiger partial charge in [0.15, 0.2) is 5.82 Å². The van der Waals surface area contributed by atoms with Crippen LogP contribution in [0.4, 0.5) is 0 Å². The van der Waals surface area contributed by atoms with E-state index in [0.29, 0.717) is 6.04 Å². The van der Waals surface area contributed by atoms with Gasteiger partial charge < -0.3 is 14.9 Å². The number of rotatable bonds is 2. The molecular formula is C11H15N5. The molecule has 1 aliphatic rings. The molecule has 0 aromatic carbocycles. The van der Waals surface area contributed by atoms with Gasteiger partial charge in [0.1, 0.15) is 6.33 Å². The van der Waals surface area contributed by atoms with Crippen LogP contribution >= 0.6 is 0 Å². The summed E-state index contributed by atoms with van der Waals surface area (Å²) >= 11 is 0. The normalized spacial score (nSPS) is 21.1. The van der Waals surface area contributed by atoms with Gasteiger partial charge in [0.05, 0.1) is 5.69 Å². The molecule has 3 rings (SSSR count). The van der Waals surface area contributed by atoms with Crippen molar-refractivity contribution in [2.75, 3.05) is 13.1 Å². The molecule has 2 aromatic rings. The van der Waals surface area contributed by atoms with Gasteiger partial charge in [0.25, 0.3) is 0 Å². The molecule has 0 saturated carbocycles. The van der Waals surface area contributed by atoms with Gasteiger partial charge in [0.2, 0.25) is 0 Å². The highest BCUT2D eigenvalue weighted by atomic mass is 15.2. The number of aromatic nitrogens is 4. The Balaban J connectivity index is 1.92. The largest absolute Gasteiger partial charge is 0.341 e. The minimum Gasteiger partial charge on any atom is -0.341 e. The van der Waals surface area contributed by atoms with Crippen LogP contribution in [-0.2, 0) is 0 Å². The molecule has 5 nitrogen and oxygen atoms in total. The van der Waals surface area contributed by atoms with Crippen molar-refractivity contribution in [2.45, 2.75) is 18.9 Å². The van der Waals surface area contributed by atoms with Crippen LogP contribution in [0, 0.1) is 0 Å². The smallest absolute Gasteiger partial charge is 0.177 e. The Morgan fingerprint density at radius 3 is 3.19 bits per heavy atom. The van der Waals surface area contributed by atoms with E-state index in [-0.39, 0.29) is 0 Å². The van der Waals surface area contributed by atoms with Crippen LogP contribution in [0.1, 0.15) is 18.9 Å². The van der Waals surface area contributed by atoms with Gasteiger partial charge in [-0.3, -0.25) is 0 Å². The van der Waals surface area contributed by atoms with E-state index >= 15 is 0 Å². The lowest BCUT2D eigenvalue weighted by Gasteiger charge is -2.25. The molecule has 0 amide bonds. The maximum Gasteiger partial charge on any atom is 0.177 e. The molecule has 3 heterocycles. The van der Waals surface area contributed by atoms with Gasteiger partial charge in [-0.05, 0) is 31.5 Å². The van der Waals surface area contributed by atoms with Crippen molar-refractivity contribution in [3.63, 3.8) is 0 Å². The lowest BCUT2D eigenvalue weighted by molar-refractivity contribution is 0.374. The molecular weight excluding hydrogens is 202 g/mol. The van der Waals surface area contributed by atoms with Crippen molar-refractivity contribution >= 4 is 0 Å². The number of hydrogen-bond donors (Lipinski definition) is 2. The molecule has 1 saturated heterocycles. The summed E-state index contributed by atoms with van der Waals surface area (Å²) in [6, 6.07) is 4.67. The summed E-state index contributed by atoms with van der Waals surface area (Å²) in [5.74, 6) is 0.843. The van der Waals surface area contributed by atoms with Crippen LogP contribution in [0.2, 0.25) is 0 Å². The molecule has 0 bridgehead atoms. The molecule has 1 aliphatic heterocycles. The van der Waals surface area contributed by atoms with E-state index in [2.05, 4.69) is 43.4 Å². The van der Waals surface area contributed by atoms with Gasteiger partial charge in [-0.1, -0.05) is 0 Å². The summed E-state index contributed by atoms with van der Waals surface area (Å²) in [5, 5.41) is 11.3. The lowest BCUT2D eigenvalue weighted by Crippen LogP contribution is -2.31. The fourth-order valence-electron chi connectivity index (χ4n) is 2.31. The number of nitrogens with one attached hydrogen (secondary N) is 2. The van der Waals surface area contributed by atoms with Crippen molar-refractivity contribution in [3.8, 4) is 11.5 Å². The Kier molecular flexibility index (Phi) is 2.46. The number of H-pyrrole nitrogens is 1. The average molecular weight is 217 g/mol. The fraction of sp³-hybridized carbons (Fsp3) is 0.455. The minimum atomic E-state index is 0.531. The van der Waals surface area contributed by atoms with Gasteiger partial charge in [-0.2, -0.15) is 0 Å². The maximum atomic E-state index is 4.07. The first-order valence-corrected chi connectivity index (χ1v) is 5.69. The summed E-state index contributed by atoms with van der Waals surface area (Å²) in [4.78, 5) is 3.06. The van der Waals surface area contributed by atoms with Crippen molar-refractivity contribution in [1.29, 1.82) is 0 Å². The molecule has 0 radical (unpaired) electrons. The quantitative estimate of drug-likeness (QED) is 0.794. The predicted molar refractivity (Wildman–Crippen MR) is 60.9 cm³/mol. The number of aromatic amines is 1. The molecule has 5 heteroatoms. The predicted octanol–water partition coefficient (Wildman–Crippen LogP) is 1.20. The Labute approximate surface area is 93.9 Å². The zero-order valence-corrected chi connectivity index (χ0v) is 9.06. The van der Waals surface area contributed by atoms with Crippen LogP contribution in [0.25, 0.3) is 11.5 Å². The first kappa shape index (κ1) is 9.59. The third kappa shape index (κ3) is 1.63. The van der Waals surface area contributed by atoms with Crippen LogP contribution in [0.3, 0.4) is 0 Å². The highest BCUT2D eigenvalue weighted by Crippen LogP contribution is 2.24. The highest BCUT2D eigenvalue weighted by Gasteiger charge is 2.18. The van der Waals surface area contributed by atoms with E-state index in [1.54, 1.807) is 6.33 Å². The summed E-state index contributed by atoms with van der Waals surface area (Å²) < 4.78 is 2.28. The second-order valence-corrected chi connectivity index (χ2v) is 4.14. The monoisotopic (exact) mass is 217 g/mol. The van der Waals surface area contributed by atoms with Crippen molar-refractivity contribution in [1.82, 2.24) is 25.1 Å². The van der Waals surface area contributed by atoms with Gasteiger partial charge in [-0.25, -0.2) is 0 Å². The Morgan fingerprint density at radius 2 is 2.44 bits per heavy atom. The fourth-order valence-corrected chi connectivity index (χ4v) is 2.31. The first-order chi connectivity index (χ1) is 7.95.